The van der Waals surface area contributed by atoms with Gasteiger partial charge in [-0.05, 0) is 25.0 Å². The molecule has 1 aromatic carbocycles. The molecule has 0 aliphatic heterocycles. The molecule has 6 nitrogen and oxygen atoms in total. The minimum atomic E-state index is -4.40. The monoisotopic (exact) mass is 319 g/mol. The number of carboxylic acid groups (broad SMARTS) is 1. The van der Waals surface area contributed by atoms with Crippen molar-refractivity contribution in [3.8, 4) is 0 Å². The predicted octanol–water partition coefficient (Wildman–Crippen LogP) is 0.715. The Bertz CT molecular complexity index is 713. The highest BCUT2D eigenvalue weighted by Gasteiger charge is 2.30. The van der Waals surface area contributed by atoms with E-state index >= 15 is 0 Å². The number of benzene rings is 1. The Morgan fingerprint density at radius 1 is 1.29 bits per heavy atom. The van der Waals surface area contributed by atoms with Crippen molar-refractivity contribution in [3.63, 3.8) is 0 Å². The van der Waals surface area contributed by atoms with E-state index in [-0.39, 0.29) is 6.04 Å². The van der Waals surface area contributed by atoms with Gasteiger partial charge >= 0.3 is 5.97 Å². The quantitative estimate of drug-likeness (QED) is 0.779. The Morgan fingerprint density at radius 2 is 1.90 bits per heavy atom. The van der Waals surface area contributed by atoms with Crippen molar-refractivity contribution >= 4 is 21.7 Å². The fourth-order valence-corrected chi connectivity index (χ4v) is 2.95. The molecule has 21 heavy (non-hydrogen) atoms. The van der Waals surface area contributed by atoms with E-state index in [0.29, 0.717) is 12.1 Å². The van der Waals surface area contributed by atoms with Crippen molar-refractivity contribution in [1.29, 1.82) is 0 Å². The molecule has 1 saturated carbocycles. The van der Waals surface area contributed by atoms with Gasteiger partial charge < -0.3 is 10.4 Å². The van der Waals surface area contributed by atoms with Crippen LogP contribution >= 0.6 is 0 Å². The van der Waals surface area contributed by atoms with Gasteiger partial charge in [0, 0.05) is 6.04 Å². The number of sulfone groups is 1. The SMILES string of the molecule is O=C(CS(=O)(=O)c1ccc(F)c(C(=O)O)c1F)NC1CC1. The highest BCUT2D eigenvalue weighted by molar-refractivity contribution is 7.92. The molecule has 0 atom stereocenters. The fraction of sp³-hybridized carbons (Fsp3) is 0.333. The maximum atomic E-state index is 13.9. The zero-order valence-corrected chi connectivity index (χ0v) is 11.4. The molecule has 1 aromatic rings. The molecule has 9 heteroatoms. The van der Waals surface area contributed by atoms with Crippen LogP contribution in [0.3, 0.4) is 0 Å². The normalized spacial score (nSPS) is 14.8. The van der Waals surface area contributed by atoms with Crippen molar-refractivity contribution in [1.82, 2.24) is 5.32 Å². The summed E-state index contributed by atoms with van der Waals surface area (Å²) >= 11 is 0. The number of carbonyl (C=O) groups excluding carboxylic acids is 1. The molecule has 114 valence electrons. The number of hydrogen-bond acceptors (Lipinski definition) is 4. The fourth-order valence-electron chi connectivity index (χ4n) is 1.72. The Hall–Kier alpha value is -2.03. The Balaban J connectivity index is 2.33. The van der Waals surface area contributed by atoms with Crippen molar-refractivity contribution in [2.45, 2.75) is 23.8 Å². The van der Waals surface area contributed by atoms with Gasteiger partial charge in [0.15, 0.2) is 15.7 Å². The first kappa shape index (κ1) is 15.4. The van der Waals surface area contributed by atoms with Gasteiger partial charge in [0.2, 0.25) is 5.91 Å². The van der Waals surface area contributed by atoms with E-state index in [2.05, 4.69) is 5.32 Å². The maximum absolute atomic E-state index is 13.9. The number of rotatable bonds is 5. The Kier molecular flexibility index (Phi) is 3.95. The summed E-state index contributed by atoms with van der Waals surface area (Å²) in [6.07, 6.45) is 1.50. The van der Waals surface area contributed by atoms with Crippen LogP contribution in [0.1, 0.15) is 23.2 Å². The molecule has 2 N–H and O–H groups in total. The van der Waals surface area contributed by atoms with Crippen LogP contribution < -0.4 is 5.32 Å². The molecule has 2 rings (SSSR count). The zero-order chi connectivity index (χ0) is 15.8. The summed E-state index contributed by atoms with van der Waals surface area (Å²) in [4.78, 5) is 21.2. The second kappa shape index (κ2) is 5.40. The highest BCUT2D eigenvalue weighted by Crippen LogP contribution is 2.23. The molecule has 0 unspecified atom stereocenters. The van der Waals surface area contributed by atoms with Crippen LogP contribution in [0, 0.1) is 11.6 Å². The van der Waals surface area contributed by atoms with E-state index in [1.54, 1.807) is 0 Å². The molecule has 0 radical (unpaired) electrons. The van der Waals surface area contributed by atoms with Crippen LogP contribution in [-0.2, 0) is 14.6 Å². The van der Waals surface area contributed by atoms with Gasteiger partial charge in [-0.2, -0.15) is 0 Å². The third kappa shape index (κ3) is 3.35. The number of carbonyl (C=O) groups is 2. The molecule has 1 fully saturated rings. The lowest BCUT2D eigenvalue weighted by atomic mass is 10.2. The summed E-state index contributed by atoms with van der Waals surface area (Å²) in [6.45, 7) is 0. The molecule has 0 heterocycles. The summed E-state index contributed by atoms with van der Waals surface area (Å²) < 4.78 is 51.0. The molecule has 1 aliphatic carbocycles. The Labute approximate surface area is 118 Å². The van der Waals surface area contributed by atoms with Crippen LogP contribution in [0.15, 0.2) is 17.0 Å². The van der Waals surface area contributed by atoms with Crippen LogP contribution in [0.4, 0.5) is 8.78 Å². The second-order valence-electron chi connectivity index (χ2n) is 4.64. The third-order valence-corrected chi connectivity index (χ3v) is 4.50. The van der Waals surface area contributed by atoms with Gasteiger partial charge in [0.1, 0.15) is 22.0 Å². The van der Waals surface area contributed by atoms with Crippen molar-refractivity contribution < 1.29 is 31.9 Å². The minimum Gasteiger partial charge on any atom is -0.477 e. The van der Waals surface area contributed by atoms with Crippen LogP contribution in [-0.4, -0.2) is 37.2 Å². The lowest BCUT2D eigenvalue weighted by Crippen LogP contribution is -2.32. The molecule has 0 bridgehead atoms. The molecule has 0 saturated heterocycles. The lowest BCUT2D eigenvalue weighted by molar-refractivity contribution is -0.118. The van der Waals surface area contributed by atoms with Gasteiger partial charge in [-0.3, -0.25) is 4.79 Å². The first-order valence-corrected chi connectivity index (χ1v) is 7.61. The van der Waals surface area contributed by atoms with Crippen molar-refractivity contribution in [3.05, 3.63) is 29.3 Å². The average molecular weight is 319 g/mol. The van der Waals surface area contributed by atoms with E-state index in [9.17, 15) is 26.8 Å². The number of hydrogen-bond donors (Lipinski definition) is 2. The van der Waals surface area contributed by atoms with Crippen molar-refractivity contribution in [2.24, 2.45) is 0 Å². The summed E-state index contributed by atoms with van der Waals surface area (Å²) in [5, 5.41) is 11.1. The minimum absolute atomic E-state index is 0.0691. The van der Waals surface area contributed by atoms with Crippen LogP contribution in [0.25, 0.3) is 0 Å². The smallest absolute Gasteiger partial charge is 0.341 e. The van der Waals surface area contributed by atoms with Gasteiger partial charge in [-0.1, -0.05) is 0 Å². The molecule has 1 aliphatic rings. The van der Waals surface area contributed by atoms with Crippen molar-refractivity contribution in [2.75, 3.05) is 5.75 Å². The average Bonchev–Trinajstić information content (AvgIpc) is 3.10. The predicted molar refractivity (Wildman–Crippen MR) is 66.5 cm³/mol. The number of carboxylic acids is 1. The first-order chi connectivity index (χ1) is 9.72. The van der Waals surface area contributed by atoms with Gasteiger partial charge in [-0.25, -0.2) is 22.0 Å². The number of halogens is 2. The standard InChI is InChI=1S/C12H11F2NO5S/c13-7-3-4-8(11(14)10(7)12(17)18)21(19,20)5-9(16)15-6-1-2-6/h3-4,6H,1-2,5H2,(H,15,16)(H,17,18). The summed E-state index contributed by atoms with van der Waals surface area (Å²) in [7, 11) is -4.40. The van der Waals surface area contributed by atoms with Gasteiger partial charge in [0.05, 0.1) is 0 Å². The molecular formula is C12H11F2NO5S. The van der Waals surface area contributed by atoms with E-state index in [1.165, 1.54) is 0 Å². The highest BCUT2D eigenvalue weighted by atomic mass is 32.2. The van der Waals surface area contributed by atoms with Gasteiger partial charge in [-0.15, -0.1) is 0 Å². The van der Waals surface area contributed by atoms with E-state index in [4.69, 9.17) is 5.11 Å². The number of aromatic carboxylic acids is 1. The topological polar surface area (TPSA) is 101 Å². The van der Waals surface area contributed by atoms with Crippen LogP contribution in [0.5, 0.6) is 0 Å². The summed E-state index contributed by atoms with van der Waals surface area (Å²) in [5.74, 6) is -6.85. The van der Waals surface area contributed by atoms with Crippen LogP contribution in [0.2, 0.25) is 0 Å². The summed E-state index contributed by atoms with van der Waals surface area (Å²) in [6, 6.07) is 1.08. The molecule has 0 spiro atoms. The summed E-state index contributed by atoms with van der Waals surface area (Å²) in [5.41, 5.74) is -1.36. The third-order valence-electron chi connectivity index (χ3n) is 2.87. The zero-order valence-electron chi connectivity index (χ0n) is 10.6. The lowest BCUT2D eigenvalue weighted by Gasteiger charge is -2.08. The first-order valence-electron chi connectivity index (χ1n) is 5.96. The maximum Gasteiger partial charge on any atom is 0.341 e. The van der Waals surface area contributed by atoms with E-state index in [0.717, 1.165) is 12.8 Å². The number of nitrogens with one attached hydrogen (secondary N) is 1. The number of amides is 1. The molecule has 0 aromatic heterocycles. The van der Waals surface area contributed by atoms with E-state index < -0.39 is 49.6 Å². The molecular weight excluding hydrogens is 308 g/mol. The second-order valence-corrected chi connectivity index (χ2v) is 6.60. The molecule has 1 amide bonds. The van der Waals surface area contributed by atoms with E-state index in [1.807, 2.05) is 0 Å². The van der Waals surface area contributed by atoms with Gasteiger partial charge in [0.25, 0.3) is 0 Å². The Morgan fingerprint density at radius 3 is 2.43 bits per heavy atom. The largest absolute Gasteiger partial charge is 0.477 e.